The van der Waals surface area contributed by atoms with Crippen molar-refractivity contribution in [2.45, 2.75) is 12.1 Å². The molecule has 0 N–H and O–H groups in total. The zero-order valence-electron chi connectivity index (χ0n) is 16.9. The van der Waals surface area contributed by atoms with E-state index in [0.29, 0.717) is 12.2 Å². The predicted molar refractivity (Wildman–Crippen MR) is 118 cm³/mol. The Hall–Kier alpha value is -4.00. The number of ether oxygens (including phenoxy) is 1. The van der Waals surface area contributed by atoms with Gasteiger partial charge in [-0.1, -0.05) is 53.8 Å². The van der Waals surface area contributed by atoms with E-state index < -0.39 is 12.1 Å². The van der Waals surface area contributed by atoms with Crippen molar-refractivity contribution in [3.63, 3.8) is 0 Å². The molecule has 0 radical (unpaired) electrons. The zero-order valence-corrected chi connectivity index (χ0v) is 16.9. The lowest BCUT2D eigenvalue weighted by Crippen LogP contribution is -2.39. The smallest absolute Gasteiger partial charge is 0.263 e. The van der Waals surface area contributed by atoms with Crippen molar-refractivity contribution in [2.24, 2.45) is 10.3 Å². The molecule has 2 amide bonds. The van der Waals surface area contributed by atoms with Crippen LogP contribution in [0, 0.1) is 0 Å². The van der Waals surface area contributed by atoms with Crippen LogP contribution in [-0.2, 0) is 9.59 Å². The topological polar surface area (TPSA) is 74.6 Å². The van der Waals surface area contributed by atoms with Crippen LogP contribution in [0.2, 0.25) is 0 Å². The van der Waals surface area contributed by atoms with Crippen molar-refractivity contribution in [3.05, 3.63) is 78.4 Å². The summed E-state index contributed by atoms with van der Waals surface area (Å²) >= 11 is 0. The summed E-state index contributed by atoms with van der Waals surface area (Å²) in [6, 6.07) is 19.5. The number of rotatable bonds is 5. The van der Waals surface area contributed by atoms with Crippen LogP contribution in [0.4, 0.5) is 5.69 Å². The maximum atomic E-state index is 12.9. The van der Waals surface area contributed by atoms with Crippen LogP contribution >= 0.6 is 0 Å². The van der Waals surface area contributed by atoms with E-state index in [0.717, 1.165) is 22.1 Å². The van der Waals surface area contributed by atoms with Gasteiger partial charge < -0.3 is 4.74 Å². The summed E-state index contributed by atoms with van der Waals surface area (Å²) in [5, 5.41) is 11.9. The number of para-hydroxylation sites is 1. The second-order valence-corrected chi connectivity index (χ2v) is 7.44. The number of carbonyl (C=O) groups is 2. The highest BCUT2D eigenvalue weighted by Crippen LogP contribution is 2.31. The van der Waals surface area contributed by atoms with Gasteiger partial charge in [0.05, 0.1) is 19.3 Å². The Kier molecular flexibility index (Phi) is 4.71. The molecular formula is C24H20N4O3. The van der Waals surface area contributed by atoms with Crippen molar-refractivity contribution >= 4 is 34.4 Å². The minimum Gasteiger partial charge on any atom is -0.497 e. The van der Waals surface area contributed by atoms with Crippen LogP contribution < -0.4 is 9.64 Å². The first kappa shape index (κ1) is 19.0. The van der Waals surface area contributed by atoms with Gasteiger partial charge in [0.2, 0.25) is 0 Å². The molecule has 5 rings (SSSR count). The van der Waals surface area contributed by atoms with Crippen LogP contribution in [0.5, 0.6) is 5.75 Å². The van der Waals surface area contributed by atoms with Gasteiger partial charge in [-0.2, -0.15) is 5.11 Å². The van der Waals surface area contributed by atoms with Gasteiger partial charge in [0.25, 0.3) is 11.8 Å². The molecule has 0 aromatic heterocycles. The quantitative estimate of drug-likeness (QED) is 0.597. The first-order valence-electron chi connectivity index (χ1n) is 10.0. The number of hydrogen-bond donors (Lipinski definition) is 0. The van der Waals surface area contributed by atoms with E-state index in [1.54, 1.807) is 36.4 Å². The van der Waals surface area contributed by atoms with Gasteiger partial charge in [-0.05, 0) is 46.7 Å². The first-order chi connectivity index (χ1) is 15.2. The highest BCUT2D eigenvalue weighted by molar-refractivity contribution is 6.25. The van der Waals surface area contributed by atoms with Crippen LogP contribution in [0.1, 0.15) is 5.56 Å². The van der Waals surface area contributed by atoms with E-state index in [1.165, 1.54) is 4.90 Å². The number of carbonyl (C=O) groups excluding carboxylic acids is 2. The molecule has 7 nitrogen and oxygen atoms in total. The Morgan fingerprint density at radius 2 is 1.74 bits per heavy atom. The number of hydrogen-bond acceptors (Lipinski definition) is 6. The summed E-state index contributed by atoms with van der Waals surface area (Å²) in [6.45, 7) is 0.382. The molecule has 0 unspecified atom stereocenters. The second kappa shape index (κ2) is 7.68. The van der Waals surface area contributed by atoms with Gasteiger partial charge in [-0.25, -0.2) is 4.90 Å². The average molecular weight is 412 g/mol. The number of imide groups is 1. The molecule has 1 saturated heterocycles. The number of methoxy groups -OCH3 is 1. The maximum Gasteiger partial charge on any atom is 0.263 e. The molecule has 31 heavy (non-hydrogen) atoms. The van der Waals surface area contributed by atoms with Gasteiger partial charge >= 0.3 is 0 Å². The SMILES string of the molecule is COc1ccc2cc(/C=C/CN3N=N[C@H]4C(=O)N(c5ccccc5)C(=O)[C@H]43)ccc2c1. The zero-order chi connectivity index (χ0) is 21.4. The van der Waals surface area contributed by atoms with Crippen molar-refractivity contribution in [2.75, 3.05) is 18.6 Å². The molecule has 0 aliphatic carbocycles. The summed E-state index contributed by atoms with van der Waals surface area (Å²) in [6.07, 6.45) is 3.90. The standard InChI is InChI=1S/C24H20N4O3/c1-31-20-12-11-17-14-16(9-10-18(17)15-20)6-5-13-27-22-21(25-26-27)23(29)28(24(22)30)19-7-3-2-4-8-19/h2-12,14-15,21-22H,13H2,1H3/b6-5+/t21-,22+/m1/s1. The second-order valence-electron chi connectivity index (χ2n) is 7.44. The molecule has 3 aromatic carbocycles. The molecule has 1 fully saturated rings. The maximum absolute atomic E-state index is 12.9. The third kappa shape index (κ3) is 3.34. The third-order valence-corrected chi connectivity index (χ3v) is 5.55. The fourth-order valence-electron chi connectivity index (χ4n) is 3.98. The lowest BCUT2D eigenvalue weighted by molar-refractivity contribution is -0.123. The molecule has 2 aliphatic rings. The van der Waals surface area contributed by atoms with Gasteiger partial charge in [0.1, 0.15) is 5.75 Å². The molecule has 2 aliphatic heterocycles. The van der Waals surface area contributed by atoms with Crippen LogP contribution in [-0.4, -0.2) is 42.6 Å². The average Bonchev–Trinajstić information content (AvgIpc) is 3.33. The van der Waals surface area contributed by atoms with Crippen molar-refractivity contribution in [1.82, 2.24) is 5.01 Å². The normalized spacial score (nSPS) is 20.3. The van der Waals surface area contributed by atoms with Gasteiger partial charge in [0.15, 0.2) is 12.1 Å². The van der Waals surface area contributed by atoms with E-state index in [4.69, 9.17) is 4.74 Å². The lowest BCUT2D eigenvalue weighted by atomic mass is 10.1. The summed E-state index contributed by atoms with van der Waals surface area (Å²) in [7, 11) is 1.65. The molecule has 0 bridgehead atoms. The predicted octanol–water partition coefficient (Wildman–Crippen LogP) is 3.86. The van der Waals surface area contributed by atoms with Crippen LogP contribution in [0.25, 0.3) is 16.8 Å². The third-order valence-electron chi connectivity index (χ3n) is 5.55. The molecule has 0 saturated carbocycles. The Labute approximate surface area is 179 Å². The van der Waals surface area contributed by atoms with Crippen molar-refractivity contribution in [3.8, 4) is 5.75 Å². The number of anilines is 1. The monoisotopic (exact) mass is 412 g/mol. The summed E-state index contributed by atoms with van der Waals surface area (Å²) in [4.78, 5) is 26.9. The summed E-state index contributed by atoms with van der Waals surface area (Å²) in [5.74, 6) is 0.200. The molecule has 2 atom stereocenters. The Morgan fingerprint density at radius 1 is 0.968 bits per heavy atom. The van der Waals surface area contributed by atoms with Gasteiger partial charge in [0, 0.05) is 0 Å². The van der Waals surface area contributed by atoms with Crippen LogP contribution in [0.3, 0.4) is 0 Å². The van der Waals surface area contributed by atoms with E-state index in [-0.39, 0.29) is 11.8 Å². The van der Waals surface area contributed by atoms with Crippen LogP contribution in [0.15, 0.2) is 83.1 Å². The molecule has 3 aromatic rings. The minimum absolute atomic E-state index is 0.292. The Bertz CT molecular complexity index is 1220. The highest BCUT2D eigenvalue weighted by atomic mass is 16.5. The van der Waals surface area contributed by atoms with E-state index in [9.17, 15) is 9.59 Å². The van der Waals surface area contributed by atoms with Gasteiger partial charge in [-0.3, -0.25) is 14.6 Å². The molecular weight excluding hydrogens is 392 g/mol. The Morgan fingerprint density at radius 3 is 2.55 bits per heavy atom. The van der Waals surface area contributed by atoms with Crippen molar-refractivity contribution < 1.29 is 14.3 Å². The number of nitrogens with zero attached hydrogens (tertiary/aromatic N) is 4. The number of fused-ring (bicyclic) bond motifs is 2. The molecule has 154 valence electrons. The van der Waals surface area contributed by atoms with Gasteiger partial charge in [-0.15, -0.1) is 0 Å². The highest BCUT2D eigenvalue weighted by Gasteiger charge is 2.54. The van der Waals surface area contributed by atoms with E-state index in [2.05, 4.69) is 16.4 Å². The fourth-order valence-corrected chi connectivity index (χ4v) is 3.98. The summed E-state index contributed by atoms with van der Waals surface area (Å²) < 4.78 is 5.27. The fraction of sp³-hybridized carbons (Fsp3) is 0.167. The Balaban J connectivity index is 1.31. The first-order valence-corrected chi connectivity index (χ1v) is 10.0. The molecule has 7 heteroatoms. The molecule has 2 heterocycles. The largest absolute Gasteiger partial charge is 0.497 e. The minimum atomic E-state index is -0.781. The summed E-state index contributed by atoms with van der Waals surface area (Å²) in [5.41, 5.74) is 1.59. The van der Waals surface area contributed by atoms with Crippen molar-refractivity contribution in [1.29, 1.82) is 0 Å². The molecule has 0 spiro atoms. The number of benzene rings is 3. The lowest BCUT2D eigenvalue weighted by Gasteiger charge is -2.19. The van der Waals surface area contributed by atoms with E-state index in [1.807, 2.05) is 48.6 Å². The van der Waals surface area contributed by atoms with E-state index >= 15 is 0 Å². The number of amides is 2.